The number of para-hydroxylation sites is 2. The molecule has 0 aromatic heterocycles. The number of carbonyl (C=O) groups is 1. The van der Waals surface area contributed by atoms with Crippen molar-refractivity contribution >= 4 is 16.0 Å². The van der Waals surface area contributed by atoms with E-state index in [9.17, 15) is 22.7 Å². The molecule has 0 spiro atoms. The van der Waals surface area contributed by atoms with E-state index in [1.165, 1.54) is 0 Å². The third-order valence-electron chi connectivity index (χ3n) is 3.26. The summed E-state index contributed by atoms with van der Waals surface area (Å²) < 4.78 is 51.1. The zero-order chi connectivity index (χ0) is 19.2. The molecule has 9 heteroatoms. The summed E-state index contributed by atoms with van der Waals surface area (Å²) in [6.45, 7) is 2.07. The average Bonchev–Trinajstić information content (AvgIpc) is 2.60. The summed E-state index contributed by atoms with van der Waals surface area (Å²) in [4.78, 5) is 10.0. The highest BCUT2D eigenvalue weighted by Crippen LogP contribution is 2.26. The van der Waals surface area contributed by atoms with Gasteiger partial charge in [0.2, 0.25) is 10.0 Å². The number of hydrogen-bond acceptors (Lipinski definition) is 6. The topological polar surface area (TPSA) is 105 Å². The van der Waals surface area contributed by atoms with Crippen molar-refractivity contribution < 1.29 is 32.2 Å². The SMILES string of the molecule is CCOc1ccccc1OCCNS(=O)(=O)c1cc(C(=O)[O-])ccc1F. The Balaban J connectivity index is 2.01. The fourth-order valence-electron chi connectivity index (χ4n) is 2.10. The Morgan fingerprint density at radius 3 is 2.42 bits per heavy atom. The van der Waals surface area contributed by atoms with Crippen molar-refractivity contribution in [3.63, 3.8) is 0 Å². The zero-order valence-electron chi connectivity index (χ0n) is 13.9. The summed E-state index contributed by atoms with van der Waals surface area (Å²) in [6.07, 6.45) is 0. The van der Waals surface area contributed by atoms with Gasteiger partial charge in [-0.05, 0) is 36.8 Å². The lowest BCUT2D eigenvalue weighted by Crippen LogP contribution is -2.30. The highest BCUT2D eigenvalue weighted by molar-refractivity contribution is 7.89. The van der Waals surface area contributed by atoms with Gasteiger partial charge in [-0.15, -0.1) is 0 Å². The molecular weight excluding hydrogens is 365 g/mol. The first-order chi connectivity index (χ1) is 12.3. The van der Waals surface area contributed by atoms with Gasteiger partial charge in [-0.3, -0.25) is 0 Å². The Hall–Kier alpha value is -2.65. The molecule has 2 aromatic rings. The van der Waals surface area contributed by atoms with Crippen LogP contribution in [-0.2, 0) is 10.0 Å². The third kappa shape index (κ3) is 4.93. The Bertz CT molecular complexity index is 885. The van der Waals surface area contributed by atoms with Crippen LogP contribution in [0.4, 0.5) is 4.39 Å². The normalized spacial score (nSPS) is 11.2. The largest absolute Gasteiger partial charge is 0.545 e. The number of sulfonamides is 1. The van der Waals surface area contributed by atoms with Crippen LogP contribution in [0, 0.1) is 5.82 Å². The molecule has 7 nitrogen and oxygen atoms in total. The number of aromatic carboxylic acids is 1. The van der Waals surface area contributed by atoms with Crippen LogP contribution >= 0.6 is 0 Å². The first kappa shape index (κ1) is 19.7. The Labute approximate surface area is 150 Å². The number of hydrogen-bond donors (Lipinski definition) is 1. The molecule has 26 heavy (non-hydrogen) atoms. The Morgan fingerprint density at radius 1 is 1.15 bits per heavy atom. The van der Waals surface area contributed by atoms with Crippen LogP contribution < -0.4 is 19.3 Å². The number of nitrogens with one attached hydrogen (secondary N) is 1. The van der Waals surface area contributed by atoms with Crippen LogP contribution in [0.25, 0.3) is 0 Å². The van der Waals surface area contributed by atoms with E-state index >= 15 is 0 Å². The molecule has 0 bridgehead atoms. The second-order valence-corrected chi connectivity index (χ2v) is 6.79. The number of rotatable bonds is 9. The van der Waals surface area contributed by atoms with E-state index in [1.54, 1.807) is 24.3 Å². The average molecular weight is 382 g/mol. The van der Waals surface area contributed by atoms with Gasteiger partial charge in [-0.2, -0.15) is 0 Å². The molecule has 0 heterocycles. The summed E-state index contributed by atoms with van der Waals surface area (Å²) in [5.41, 5.74) is -0.436. The number of carbonyl (C=O) groups excluding carboxylic acids is 1. The van der Waals surface area contributed by atoms with E-state index in [0.29, 0.717) is 24.2 Å². The van der Waals surface area contributed by atoms with Gasteiger partial charge in [0.1, 0.15) is 17.3 Å². The molecule has 0 atom stereocenters. The smallest absolute Gasteiger partial charge is 0.243 e. The lowest BCUT2D eigenvalue weighted by molar-refractivity contribution is -0.255. The molecule has 0 saturated carbocycles. The van der Waals surface area contributed by atoms with Gasteiger partial charge in [-0.1, -0.05) is 18.2 Å². The van der Waals surface area contributed by atoms with Crippen LogP contribution in [0.1, 0.15) is 17.3 Å². The number of ether oxygens (including phenoxy) is 2. The molecule has 1 N–H and O–H groups in total. The van der Waals surface area contributed by atoms with E-state index in [4.69, 9.17) is 9.47 Å². The highest BCUT2D eigenvalue weighted by atomic mass is 32.2. The van der Waals surface area contributed by atoms with Crippen LogP contribution in [0.5, 0.6) is 11.5 Å². The summed E-state index contributed by atoms with van der Waals surface area (Å²) >= 11 is 0. The highest BCUT2D eigenvalue weighted by Gasteiger charge is 2.19. The standard InChI is InChI=1S/C17H18FNO6S/c1-2-24-14-5-3-4-6-15(14)25-10-9-19-26(22,23)16-11-12(17(20)21)7-8-13(16)18/h3-8,11,19H,2,9-10H2,1H3,(H,20,21)/p-1. The predicted molar refractivity (Wildman–Crippen MR) is 89.0 cm³/mol. The number of carboxylic acids is 1. The maximum Gasteiger partial charge on any atom is 0.243 e. The molecule has 140 valence electrons. The molecule has 0 aliphatic heterocycles. The first-order valence-electron chi connectivity index (χ1n) is 7.70. The van der Waals surface area contributed by atoms with Gasteiger partial charge in [-0.25, -0.2) is 17.5 Å². The number of carboxylic acid groups (broad SMARTS) is 1. The first-order valence-corrected chi connectivity index (χ1v) is 9.18. The van der Waals surface area contributed by atoms with Crippen molar-refractivity contribution in [1.82, 2.24) is 4.72 Å². The van der Waals surface area contributed by atoms with E-state index in [2.05, 4.69) is 4.72 Å². The van der Waals surface area contributed by atoms with Crippen molar-refractivity contribution in [2.24, 2.45) is 0 Å². The molecular formula is C17H17FNO6S-. The number of halogens is 1. The molecule has 0 radical (unpaired) electrons. The Kier molecular flexibility index (Phi) is 6.53. The number of benzene rings is 2. The van der Waals surface area contributed by atoms with E-state index in [0.717, 1.165) is 12.1 Å². The van der Waals surface area contributed by atoms with Gasteiger partial charge >= 0.3 is 0 Å². The minimum atomic E-state index is -4.25. The monoisotopic (exact) mass is 382 g/mol. The van der Waals surface area contributed by atoms with Gasteiger partial charge in [0, 0.05) is 6.54 Å². The van der Waals surface area contributed by atoms with Crippen molar-refractivity contribution in [1.29, 1.82) is 0 Å². The van der Waals surface area contributed by atoms with Gasteiger partial charge in [0.15, 0.2) is 11.5 Å². The van der Waals surface area contributed by atoms with Gasteiger partial charge in [0.05, 0.1) is 12.6 Å². The van der Waals surface area contributed by atoms with Crippen molar-refractivity contribution in [2.75, 3.05) is 19.8 Å². The van der Waals surface area contributed by atoms with E-state index in [1.807, 2.05) is 6.92 Å². The minimum absolute atomic E-state index is 0.0366. The summed E-state index contributed by atoms with van der Waals surface area (Å²) in [5.74, 6) is -1.70. The van der Waals surface area contributed by atoms with E-state index in [-0.39, 0.29) is 13.2 Å². The summed E-state index contributed by atoms with van der Waals surface area (Å²) in [6, 6.07) is 9.28. The predicted octanol–water partition coefficient (Wildman–Crippen LogP) is 0.945. The van der Waals surface area contributed by atoms with Crippen LogP contribution in [0.2, 0.25) is 0 Å². The third-order valence-corrected chi connectivity index (χ3v) is 4.73. The molecule has 0 unspecified atom stereocenters. The van der Waals surface area contributed by atoms with Crippen molar-refractivity contribution in [3.8, 4) is 11.5 Å². The van der Waals surface area contributed by atoms with E-state index < -0.39 is 32.3 Å². The van der Waals surface area contributed by atoms with Crippen molar-refractivity contribution in [3.05, 3.63) is 53.8 Å². The Morgan fingerprint density at radius 2 is 1.81 bits per heavy atom. The molecule has 0 saturated heterocycles. The van der Waals surface area contributed by atoms with Gasteiger partial charge < -0.3 is 19.4 Å². The summed E-state index contributed by atoms with van der Waals surface area (Å²) in [5, 5.41) is 10.8. The quantitative estimate of drug-likeness (QED) is 0.648. The van der Waals surface area contributed by atoms with Crippen LogP contribution in [-0.4, -0.2) is 34.1 Å². The van der Waals surface area contributed by atoms with Crippen LogP contribution in [0.3, 0.4) is 0 Å². The minimum Gasteiger partial charge on any atom is -0.545 e. The zero-order valence-corrected chi connectivity index (χ0v) is 14.7. The summed E-state index contributed by atoms with van der Waals surface area (Å²) in [7, 11) is -4.25. The molecule has 0 aliphatic rings. The molecule has 0 amide bonds. The fraction of sp³-hybridized carbons (Fsp3) is 0.235. The van der Waals surface area contributed by atoms with Gasteiger partial charge in [0.25, 0.3) is 0 Å². The maximum atomic E-state index is 13.8. The molecule has 0 fully saturated rings. The second kappa shape index (κ2) is 8.63. The molecule has 0 aliphatic carbocycles. The molecule has 2 aromatic carbocycles. The lowest BCUT2D eigenvalue weighted by atomic mass is 10.2. The fourth-order valence-corrected chi connectivity index (χ4v) is 3.21. The van der Waals surface area contributed by atoms with Crippen LogP contribution in [0.15, 0.2) is 47.4 Å². The molecule has 2 rings (SSSR count). The maximum absolute atomic E-state index is 13.8. The second-order valence-electron chi connectivity index (χ2n) is 5.06. The van der Waals surface area contributed by atoms with Crippen molar-refractivity contribution in [2.45, 2.75) is 11.8 Å². The lowest BCUT2D eigenvalue weighted by Gasteiger charge is -2.13.